The molecule has 0 radical (unpaired) electrons. The third kappa shape index (κ3) is 3.21. The predicted molar refractivity (Wildman–Crippen MR) is 75.4 cm³/mol. The Morgan fingerprint density at radius 2 is 2.10 bits per heavy atom. The second-order valence-corrected chi connectivity index (χ2v) is 4.35. The van der Waals surface area contributed by atoms with Crippen molar-refractivity contribution in [2.24, 2.45) is 0 Å². The van der Waals surface area contributed by atoms with Gasteiger partial charge in [-0.25, -0.2) is 4.39 Å². The van der Waals surface area contributed by atoms with E-state index in [9.17, 15) is 14.0 Å². The molecule has 6 heteroatoms. The lowest BCUT2D eigenvalue weighted by Gasteiger charge is -2.08. The van der Waals surface area contributed by atoms with Crippen LogP contribution in [0.2, 0.25) is 0 Å². The van der Waals surface area contributed by atoms with Gasteiger partial charge in [-0.1, -0.05) is 6.92 Å². The molecule has 0 bridgehead atoms. The Hall–Kier alpha value is -2.21. The van der Waals surface area contributed by atoms with E-state index < -0.39 is 11.4 Å². The molecule has 0 saturated heterocycles. The van der Waals surface area contributed by atoms with Crippen molar-refractivity contribution >= 4 is 16.8 Å². The van der Waals surface area contributed by atoms with Gasteiger partial charge < -0.3 is 15.6 Å². The summed E-state index contributed by atoms with van der Waals surface area (Å²) in [7, 11) is 0. The van der Waals surface area contributed by atoms with E-state index >= 15 is 0 Å². The smallest absolute Gasteiger partial charge is 0.252 e. The molecular weight excluding hydrogens is 261 g/mol. The van der Waals surface area contributed by atoms with Crippen LogP contribution in [0.25, 0.3) is 10.9 Å². The summed E-state index contributed by atoms with van der Waals surface area (Å²) in [6.45, 7) is 3.91. The van der Waals surface area contributed by atoms with Crippen molar-refractivity contribution in [1.29, 1.82) is 0 Å². The van der Waals surface area contributed by atoms with Gasteiger partial charge in [0.25, 0.3) is 5.91 Å². The molecule has 0 atom stereocenters. The van der Waals surface area contributed by atoms with Gasteiger partial charge in [-0.2, -0.15) is 0 Å². The Balaban J connectivity index is 2.29. The summed E-state index contributed by atoms with van der Waals surface area (Å²) in [5, 5.41) is 6.32. The van der Waals surface area contributed by atoms with Crippen LogP contribution in [-0.4, -0.2) is 30.5 Å². The van der Waals surface area contributed by atoms with Crippen LogP contribution in [0.1, 0.15) is 17.3 Å². The normalized spacial score (nSPS) is 10.7. The van der Waals surface area contributed by atoms with Gasteiger partial charge in [-0.15, -0.1) is 0 Å². The third-order valence-electron chi connectivity index (χ3n) is 2.89. The largest absolute Gasteiger partial charge is 0.351 e. The number of nitrogens with one attached hydrogen (secondary N) is 3. The minimum Gasteiger partial charge on any atom is -0.351 e. The number of halogens is 1. The highest BCUT2D eigenvalue weighted by molar-refractivity contribution is 6.05. The molecule has 0 unspecified atom stereocenters. The topological polar surface area (TPSA) is 74.0 Å². The Bertz CT molecular complexity index is 682. The lowest BCUT2D eigenvalue weighted by molar-refractivity contribution is 0.0955. The van der Waals surface area contributed by atoms with Crippen LogP contribution in [0.3, 0.4) is 0 Å². The van der Waals surface area contributed by atoms with Gasteiger partial charge in [-0.3, -0.25) is 9.59 Å². The second-order valence-electron chi connectivity index (χ2n) is 4.35. The van der Waals surface area contributed by atoms with E-state index in [4.69, 9.17) is 0 Å². The summed E-state index contributed by atoms with van der Waals surface area (Å²) in [4.78, 5) is 26.1. The van der Waals surface area contributed by atoms with Crippen molar-refractivity contribution in [1.82, 2.24) is 15.6 Å². The first kappa shape index (κ1) is 14.2. The van der Waals surface area contributed by atoms with E-state index in [2.05, 4.69) is 15.6 Å². The molecule has 0 aliphatic carbocycles. The van der Waals surface area contributed by atoms with Crippen LogP contribution in [0.15, 0.2) is 29.1 Å². The number of likely N-dealkylation sites (N-methyl/N-ethyl adjacent to an activating group) is 1. The van der Waals surface area contributed by atoms with E-state index in [1.807, 2.05) is 6.92 Å². The summed E-state index contributed by atoms with van der Waals surface area (Å²) >= 11 is 0. The highest BCUT2D eigenvalue weighted by Crippen LogP contribution is 2.16. The number of pyridine rings is 1. The number of carbonyl (C=O) groups is 1. The third-order valence-corrected chi connectivity index (χ3v) is 2.89. The molecule has 106 valence electrons. The number of hydrogen-bond acceptors (Lipinski definition) is 3. The molecule has 1 aromatic carbocycles. The number of amides is 1. The molecule has 0 aliphatic rings. The molecule has 2 rings (SSSR count). The number of H-pyrrole nitrogens is 1. The number of aromatic nitrogens is 1. The second kappa shape index (κ2) is 6.29. The molecular formula is C14H16FN3O2. The van der Waals surface area contributed by atoms with Gasteiger partial charge in [0.1, 0.15) is 5.82 Å². The number of rotatable bonds is 5. The minimum absolute atomic E-state index is 0.250. The molecule has 1 amide bonds. The lowest BCUT2D eigenvalue weighted by Crippen LogP contribution is -2.32. The number of benzene rings is 1. The Morgan fingerprint density at radius 3 is 2.85 bits per heavy atom. The fourth-order valence-electron chi connectivity index (χ4n) is 1.96. The van der Waals surface area contributed by atoms with E-state index in [0.29, 0.717) is 24.0 Å². The summed E-state index contributed by atoms with van der Waals surface area (Å²) < 4.78 is 13.2. The highest BCUT2D eigenvalue weighted by Gasteiger charge is 2.11. The average molecular weight is 277 g/mol. The van der Waals surface area contributed by atoms with Crippen molar-refractivity contribution in [3.8, 4) is 0 Å². The van der Waals surface area contributed by atoms with Crippen molar-refractivity contribution in [2.45, 2.75) is 6.92 Å². The van der Waals surface area contributed by atoms with Crippen molar-refractivity contribution < 1.29 is 9.18 Å². The van der Waals surface area contributed by atoms with Crippen LogP contribution in [0, 0.1) is 5.82 Å². The van der Waals surface area contributed by atoms with E-state index in [-0.39, 0.29) is 11.5 Å². The van der Waals surface area contributed by atoms with Crippen LogP contribution >= 0.6 is 0 Å². The molecule has 20 heavy (non-hydrogen) atoms. The van der Waals surface area contributed by atoms with Crippen LogP contribution < -0.4 is 16.2 Å². The van der Waals surface area contributed by atoms with Crippen molar-refractivity contribution in [3.05, 3.63) is 46.0 Å². The summed E-state index contributed by atoms with van der Waals surface area (Å²) in [6, 6.07) is 5.17. The van der Waals surface area contributed by atoms with Crippen LogP contribution in [0.4, 0.5) is 4.39 Å². The SMILES string of the molecule is CCNCCNC(=O)c1cc(=O)[nH]c2cc(F)ccc12. The first-order chi connectivity index (χ1) is 9.61. The van der Waals surface area contributed by atoms with Crippen LogP contribution in [0.5, 0.6) is 0 Å². The van der Waals surface area contributed by atoms with Gasteiger partial charge >= 0.3 is 0 Å². The Labute approximate surface area is 115 Å². The van der Waals surface area contributed by atoms with E-state index in [1.54, 1.807) is 0 Å². The van der Waals surface area contributed by atoms with Crippen molar-refractivity contribution in [3.63, 3.8) is 0 Å². The molecule has 0 fully saturated rings. The molecule has 3 N–H and O–H groups in total. The Kier molecular flexibility index (Phi) is 4.47. The van der Waals surface area contributed by atoms with Gasteiger partial charge in [-0.05, 0) is 24.7 Å². The molecule has 2 aromatic rings. The number of hydrogen-bond donors (Lipinski definition) is 3. The molecule has 1 aromatic heterocycles. The molecule has 0 aliphatic heterocycles. The van der Waals surface area contributed by atoms with Gasteiger partial charge in [0.05, 0.1) is 11.1 Å². The van der Waals surface area contributed by atoms with E-state index in [1.165, 1.54) is 24.3 Å². The zero-order valence-corrected chi connectivity index (χ0v) is 11.1. The van der Waals surface area contributed by atoms with E-state index in [0.717, 1.165) is 6.54 Å². The maximum atomic E-state index is 13.2. The maximum absolute atomic E-state index is 13.2. The number of carbonyl (C=O) groups excluding carboxylic acids is 1. The first-order valence-electron chi connectivity index (χ1n) is 6.43. The monoisotopic (exact) mass is 277 g/mol. The maximum Gasteiger partial charge on any atom is 0.252 e. The Morgan fingerprint density at radius 1 is 1.30 bits per heavy atom. The zero-order valence-electron chi connectivity index (χ0n) is 11.1. The first-order valence-corrected chi connectivity index (χ1v) is 6.43. The summed E-state index contributed by atoms with van der Waals surface area (Å²) in [5.41, 5.74) is 0.134. The minimum atomic E-state index is -0.460. The summed E-state index contributed by atoms with van der Waals surface area (Å²) in [5.74, 6) is -0.802. The fourth-order valence-corrected chi connectivity index (χ4v) is 1.96. The molecule has 1 heterocycles. The molecule has 5 nitrogen and oxygen atoms in total. The lowest BCUT2D eigenvalue weighted by atomic mass is 10.1. The van der Waals surface area contributed by atoms with Gasteiger partial charge in [0.15, 0.2) is 0 Å². The fraction of sp³-hybridized carbons (Fsp3) is 0.286. The molecule has 0 saturated carbocycles. The van der Waals surface area contributed by atoms with Crippen molar-refractivity contribution in [2.75, 3.05) is 19.6 Å². The predicted octanol–water partition coefficient (Wildman–Crippen LogP) is 1.01. The standard InChI is InChI=1S/C14H16FN3O2/c1-2-16-5-6-17-14(20)11-8-13(19)18-12-7-9(15)3-4-10(11)12/h3-4,7-8,16H,2,5-6H2,1H3,(H,17,20)(H,18,19). The quantitative estimate of drug-likeness (QED) is 0.714. The average Bonchev–Trinajstić information content (AvgIpc) is 2.42. The van der Waals surface area contributed by atoms with Gasteiger partial charge in [0, 0.05) is 24.5 Å². The zero-order chi connectivity index (χ0) is 14.5. The van der Waals surface area contributed by atoms with Crippen LogP contribution in [-0.2, 0) is 0 Å². The molecule has 0 spiro atoms. The number of fused-ring (bicyclic) bond motifs is 1. The van der Waals surface area contributed by atoms with Gasteiger partial charge in [0.2, 0.25) is 5.56 Å². The summed E-state index contributed by atoms with van der Waals surface area (Å²) in [6.07, 6.45) is 0. The number of aromatic amines is 1. The highest BCUT2D eigenvalue weighted by atomic mass is 19.1.